The van der Waals surface area contributed by atoms with E-state index in [9.17, 15) is 0 Å². The number of ether oxygens (including phenoxy) is 1. The summed E-state index contributed by atoms with van der Waals surface area (Å²) in [6.07, 6.45) is 4.57. The molecular formula is C15H23N5O. The van der Waals surface area contributed by atoms with Crippen LogP contribution in [0.4, 0.5) is 0 Å². The molecule has 0 bridgehead atoms. The predicted octanol–water partition coefficient (Wildman–Crippen LogP) is 2.10. The Morgan fingerprint density at radius 2 is 2.19 bits per heavy atom. The zero-order valence-electron chi connectivity index (χ0n) is 13.1. The van der Waals surface area contributed by atoms with Gasteiger partial charge in [0.15, 0.2) is 5.75 Å². The summed E-state index contributed by atoms with van der Waals surface area (Å²) in [5.41, 5.74) is 1.94. The molecule has 2 aromatic rings. The van der Waals surface area contributed by atoms with Crippen molar-refractivity contribution < 1.29 is 4.74 Å². The largest absolute Gasteiger partial charge is 0.493 e. The van der Waals surface area contributed by atoms with Crippen LogP contribution in [-0.2, 0) is 6.54 Å². The molecule has 6 heteroatoms. The van der Waals surface area contributed by atoms with E-state index in [1.54, 1.807) is 19.5 Å². The first-order valence-electron chi connectivity index (χ1n) is 7.33. The van der Waals surface area contributed by atoms with E-state index in [2.05, 4.69) is 34.2 Å². The number of hydrogen-bond donors (Lipinski definition) is 1. The van der Waals surface area contributed by atoms with Crippen LogP contribution >= 0.6 is 0 Å². The Labute approximate surface area is 125 Å². The summed E-state index contributed by atoms with van der Waals surface area (Å²) in [7, 11) is 1.67. The van der Waals surface area contributed by atoms with Crippen LogP contribution in [0.25, 0.3) is 0 Å². The maximum Gasteiger partial charge on any atom is 0.161 e. The number of nitrogens with zero attached hydrogens (tertiary/aromatic N) is 4. The van der Waals surface area contributed by atoms with Gasteiger partial charge in [0.2, 0.25) is 0 Å². The monoisotopic (exact) mass is 289 g/mol. The first-order chi connectivity index (χ1) is 10.2. The van der Waals surface area contributed by atoms with Gasteiger partial charge in [-0.3, -0.25) is 4.68 Å². The summed E-state index contributed by atoms with van der Waals surface area (Å²) >= 11 is 0. The number of rotatable bonds is 7. The summed E-state index contributed by atoms with van der Waals surface area (Å²) in [5.74, 6) is 1.54. The molecule has 0 spiro atoms. The fourth-order valence-corrected chi connectivity index (χ4v) is 2.40. The molecule has 0 aliphatic heterocycles. The fraction of sp³-hybridized carbons (Fsp3) is 0.533. The lowest BCUT2D eigenvalue weighted by Crippen LogP contribution is -2.26. The third-order valence-corrected chi connectivity index (χ3v) is 3.28. The topological polar surface area (TPSA) is 64.9 Å². The zero-order valence-corrected chi connectivity index (χ0v) is 13.1. The van der Waals surface area contributed by atoms with E-state index in [1.165, 1.54) is 0 Å². The average molecular weight is 289 g/mol. The average Bonchev–Trinajstić information content (AvgIpc) is 2.88. The molecule has 2 rings (SSSR count). The van der Waals surface area contributed by atoms with Crippen LogP contribution in [0.15, 0.2) is 18.5 Å². The summed E-state index contributed by atoms with van der Waals surface area (Å²) in [4.78, 5) is 8.73. The van der Waals surface area contributed by atoms with Gasteiger partial charge in [0.1, 0.15) is 11.5 Å². The highest BCUT2D eigenvalue weighted by molar-refractivity contribution is 5.33. The molecule has 0 aliphatic rings. The molecule has 1 unspecified atom stereocenters. The maximum atomic E-state index is 5.48. The summed E-state index contributed by atoms with van der Waals surface area (Å²) in [5, 5.41) is 7.91. The first-order valence-corrected chi connectivity index (χ1v) is 7.33. The Kier molecular flexibility index (Phi) is 5.27. The standard InChI is InChI=1S/C15H23N5O/c1-5-9-20-15(13(21-4)10-18-20)14(16-6-2)12-7-8-17-11(3)19-12/h7-8,10,14,16H,5-6,9H2,1-4H3. The molecule has 114 valence electrons. The van der Waals surface area contributed by atoms with Crippen molar-refractivity contribution in [3.8, 4) is 5.75 Å². The van der Waals surface area contributed by atoms with Gasteiger partial charge in [-0.05, 0) is 26.0 Å². The van der Waals surface area contributed by atoms with Crippen molar-refractivity contribution in [2.45, 2.75) is 39.8 Å². The second-order valence-electron chi connectivity index (χ2n) is 4.84. The Hall–Kier alpha value is -1.95. The fourth-order valence-electron chi connectivity index (χ4n) is 2.40. The van der Waals surface area contributed by atoms with Crippen molar-refractivity contribution in [3.05, 3.63) is 35.7 Å². The molecule has 0 amide bonds. The van der Waals surface area contributed by atoms with Crippen LogP contribution in [0.5, 0.6) is 5.75 Å². The molecule has 0 radical (unpaired) electrons. The van der Waals surface area contributed by atoms with Crippen molar-refractivity contribution in [2.75, 3.05) is 13.7 Å². The van der Waals surface area contributed by atoms with Crippen LogP contribution in [0.1, 0.15) is 43.5 Å². The second kappa shape index (κ2) is 7.17. The predicted molar refractivity (Wildman–Crippen MR) is 81.4 cm³/mol. The molecule has 6 nitrogen and oxygen atoms in total. The van der Waals surface area contributed by atoms with E-state index in [-0.39, 0.29) is 6.04 Å². The second-order valence-corrected chi connectivity index (χ2v) is 4.84. The van der Waals surface area contributed by atoms with Crippen LogP contribution in [0.3, 0.4) is 0 Å². The Morgan fingerprint density at radius 1 is 1.38 bits per heavy atom. The maximum absolute atomic E-state index is 5.48. The molecule has 2 heterocycles. The lowest BCUT2D eigenvalue weighted by molar-refractivity contribution is 0.397. The number of nitrogens with one attached hydrogen (secondary N) is 1. The van der Waals surface area contributed by atoms with Crippen LogP contribution < -0.4 is 10.1 Å². The third kappa shape index (κ3) is 3.39. The van der Waals surface area contributed by atoms with Crippen LogP contribution in [0, 0.1) is 6.92 Å². The van der Waals surface area contributed by atoms with Gasteiger partial charge in [-0.1, -0.05) is 13.8 Å². The molecule has 2 aromatic heterocycles. The number of aromatic nitrogens is 4. The normalized spacial score (nSPS) is 12.4. The van der Waals surface area contributed by atoms with Crippen molar-refractivity contribution in [1.29, 1.82) is 0 Å². The molecule has 0 saturated heterocycles. The highest BCUT2D eigenvalue weighted by atomic mass is 16.5. The lowest BCUT2D eigenvalue weighted by Gasteiger charge is -2.20. The van der Waals surface area contributed by atoms with Crippen LogP contribution in [0.2, 0.25) is 0 Å². The quantitative estimate of drug-likeness (QED) is 0.845. The van der Waals surface area contributed by atoms with Gasteiger partial charge in [-0.2, -0.15) is 5.10 Å². The third-order valence-electron chi connectivity index (χ3n) is 3.28. The van der Waals surface area contributed by atoms with Crippen molar-refractivity contribution >= 4 is 0 Å². The van der Waals surface area contributed by atoms with Crippen molar-refractivity contribution in [3.63, 3.8) is 0 Å². The van der Waals surface area contributed by atoms with Crippen molar-refractivity contribution in [1.82, 2.24) is 25.1 Å². The molecule has 21 heavy (non-hydrogen) atoms. The highest BCUT2D eigenvalue weighted by Gasteiger charge is 2.24. The molecule has 0 aliphatic carbocycles. The van der Waals surface area contributed by atoms with E-state index >= 15 is 0 Å². The number of aryl methyl sites for hydroxylation is 2. The minimum Gasteiger partial charge on any atom is -0.493 e. The molecule has 0 saturated carbocycles. The van der Waals surface area contributed by atoms with Crippen LogP contribution in [-0.4, -0.2) is 33.4 Å². The van der Waals surface area contributed by atoms with Crippen molar-refractivity contribution in [2.24, 2.45) is 0 Å². The van der Waals surface area contributed by atoms with E-state index in [4.69, 9.17) is 4.74 Å². The van der Waals surface area contributed by atoms with E-state index in [1.807, 2.05) is 17.7 Å². The summed E-state index contributed by atoms with van der Waals surface area (Å²) in [6.45, 7) is 7.79. The zero-order chi connectivity index (χ0) is 15.2. The SMILES string of the molecule is CCCn1ncc(OC)c1C(NCC)c1ccnc(C)n1. The number of methoxy groups -OCH3 is 1. The number of hydrogen-bond acceptors (Lipinski definition) is 5. The van der Waals surface area contributed by atoms with Gasteiger partial charge >= 0.3 is 0 Å². The Bertz CT molecular complexity index is 581. The Morgan fingerprint density at radius 3 is 2.81 bits per heavy atom. The molecule has 0 aromatic carbocycles. The van der Waals surface area contributed by atoms with E-state index in [0.29, 0.717) is 0 Å². The van der Waals surface area contributed by atoms with Gasteiger partial charge in [-0.25, -0.2) is 9.97 Å². The van der Waals surface area contributed by atoms with Gasteiger partial charge in [0.25, 0.3) is 0 Å². The van der Waals surface area contributed by atoms with Gasteiger partial charge < -0.3 is 10.1 Å². The molecule has 1 N–H and O–H groups in total. The van der Waals surface area contributed by atoms with Gasteiger partial charge in [-0.15, -0.1) is 0 Å². The van der Waals surface area contributed by atoms with Gasteiger partial charge in [0, 0.05) is 12.7 Å². The summed E-state index contributed by atoms with van der Waals surface area (Å²) < 4.78 is 7.47. The van der Waals surface area contributed by atoms with Gasteiger partial charge in [0.05, 0.1) is 25.0 Å². The van der Waals surface area contributed by atoms with E-state index < -0.39 is 0 Å². The molecule has 0 fully saturated rings. The molecular weight excluding hydrogens is 266 g/mol. The molecule has 1 atom stereocenters. The Balaban J connectivity index is 2.49. The van der Waals surface area contributed by atoms with E-state index in [0.717, 1.165) is 42.5 Å². The smallest absolute Gasteiger partial charge is 0.161 e. The lowest BCUT2D eigenvalue weighted by atomic mass is 10.1. The highest BCUT2D eigenvalue weighted by Crippen LogP contribution is 2.29. The summed E-state index contributed by atoms with van der Waals surface area (Å²) in [6, 6.07) is 1.88. The minimum atomic E-state index is -0.0549. The minimum absolute atomic E-state index is 0.0549. The first kappa shape index (κ1) is 15.4.